The van der Waals surface area contributed by atoms with Crippen molar-refractivity contribution in [3.63, 3.8) is 0 Å². The highest BCUT2D eigenvalue weighted by Gasteiger charge is 2.05. The third-order valence-corrected chi connectivity index (χ3v) is 3.37. The summed E-state index contributed by atoms with van der Waals surface area (Å²) in [5.41, 5.74) is 0. The Balaban J connectivity index is 1.49. The predicted molar refractivity (Wildman–Crippen MR) is 95.0 cm³/mol. The molecule has 0 aliphatic heterocycles. The fraction of sp³-hybridized carbons (Fsp3) is 0.143. The first-order valence-electron chi connectivity index (χ1n) is 7.97. The monoisotopic (exact) mass is 320 g/mol. The molecule has 0 amide bonds. The normalized spacial score (nSPS) is 11.5. The molecule has 0 fully saturated rings. The smallest absolute Gasteiger partial charge is 0.130 e. The molecule has 0 aliphatic carbocycles. The van der Waals surface area contributed by atoms with Crippen LogP contribution in [0.25, 0.3) is 0 Å². The Morgan fingerprint density at radius 3 is 1.75 bits per heavy atom. The fourth-order valence-electron chi connectivity index (χ4n) is 2.21. The van der Waals surface area contributed by atoms with Crippen molar-refractivity contribution in [3.8, 4) is 23.0 Å². The zero-order valence-electron chi connectivity index (χ0n) is 13.6. The lowest BCUT2D eigenvalue weighted by atomic mass is 10.3. The van der Waals surface area contributed by atoms with Gasteiger partial charge in [-0.2, -0.15) is 0 Å². The summed E-state index contributed by atoms with van der Waals surface area (Å²) < 4.78 is 17.3. The van der Waals surface area contributed by atoms with E-state index < -0.39 is 0 Å². The van der Waals surface area contributed by atoms with E-state index in [-0.39, 0.29) is 6.10 Å². The molecule has 0 unspecified atom stereocenters. The molecule has 3 heteroatoms. The quantitative estimate of drug-likeness (QED) is 0.589. The Morgan fingerprint density at radius 1 is 0.625 bits per heavy atom. The van der Waals surface area contributed by atoms with Gasteiger partial charge < -0.3 is 14.2 Å². The van der Waals surface area contributed by atoms with E-state index in [2.05, 4.69) is 0 Å². The summed E-state index contributed by atoms with van der Waals surface area (Å²) in [5.74, 6) is 3.23. The Labute approximate surface area is 142 Å². The third kappa shape index (κ3) is 4.78. The van der Waals surface area contributed by atoms with E-state index in [0.717, 1.165) is 23.0 Å². The molecule has 3 aromatic carbocycles. The van der Waals surface area contributed by atoms with Crippen LogP contribution in [-0.2, 0) is 0 Å². The van der Waals surface area contributed by atoms with Crippen LogP contribution in [0.2, 0.25) is 0 Å². The molecule has 0 N–H and O–H groups in total. The molecule has 3 rings (SSSR count). The van der Waals surface area contributed by atoms with Gasteiger partial charge in [-0.1, -0.05) is 36.4 Å². The molecule has 0 aliphatic rings. The third-order valence-electron chi connectivity index (χ3n) is 3.37. The van der Waals surface area contributed by atoms with Gasteiger partial charge in [0.15, 0.2) is 0 Å². The Bertz CT molecular complexity index is 724. The van der Waals surface area contributed by atoms with Gasteiger partial charge in [-0.15, -0.1) is 0 Å². The highest BCUT2D eigenvalue weighted by Crippen LogP contribution is 2.23. The molecule has 0 saturated heterocycles. The van der Waals surface area contributed by atoms with Crippen molar-refractivity contribution < 1.29 is 14.2 Å². The van der Waals surface area contributed by atoms with Gasteiger partial charge in [0.1, 0.15) is 35.7 Å². The number of ether oxygens (including phenoxy) is 3. The largest absolute Gasteiger partial charge is 0.490 e. The maximum atomic E-state index is 5.79. The van der Waals surface area contributed by atoms with Crippen LogP contribution in [0.1, 0.15) is 6.92 Å². The molecule has 24 heavy (non-hydrogen) atoms. The average molecular weight is 320 g/mol. The lowest BCUT2D eigenvalue weighted by molar-refractivity contribution is 0.143. The predicted octanol–water partition coefficient (Wildman–Crippen LogP) is 5.33. The van der Waals surface area contributed by atoms with Crippen molar-refractivity contribution in [2.45, 2.75) is 13.0 Å². The van der Waals surface area contributed by atoms with E-state index in [1.807, 2.05) is 91.9 Å². The topological polar surface area (TPSA) is 27.7 Å². The molecule has 0 bridgehead atoms. The minimum absolute atomic E-state index is 0.0346. The lowest BCUT2D eigenvalue weighted by Gasteiger charge is -2.15. The zero-order chi connectivity index (χ0) is 16.6. The number of para-hydroxylation sites is 2. The summed E-state index contributed by atoms with van der Waals surface area (Å²) in [6.45, 7) is 2.47. The van der Waals surface area contributed by atoms with Crippen molar-refractivity contribution >= 4 is 0 Å². The van der Waals surface area contributed by atoms with Gasteiger partial charge in [-0.05, 0) is 55.5 Å². The van der Waals surface area contributed by atoms with Crippen LogP contribution in [0, 0.1) is 0 Å². The maximum Gasteiger partial charge on any atom is 0.130 e. The van der Waals surface area contributed by atoms with Gasteiger partial charge in [-0.25, -0.2) is 0 Å². The van der Waals surface area contributed by atoms with Crippen molar-refractivity contribution in [2.24, 2.45) is 0 Å². The molecule has 1 atom stereocenters. The van der Waals surface area contributed by atoms with Gasteiger partial charge in [0.25, 0.3) is 0 Å². The van der Waals surface area contributed by atoms with Gasteiger partial charge in [0, 0.05) is 0 Å². The summed E-state index contributed by atoms with van der Waals surface area (Å²) in [4.78, 5) is 0. The van der Waals surface area contributed by atoms with E-state index in [1.165, 1.54) is 0 Å². The summed E-state index contributed by atoms with van der Waals surface area (Å²) in [6, 6.07) is 27.0. The second kappa shape index (κ2) is 8.06. The summed E-state index contributed by atoms with van der Waals surface area (Å²) in [5, 5.41) is 0. The van der Waals surface area contributed by atoms with Crippen LogP contribution in [0.5, 0.6) is 23.0 Å². The Morgan fingerprint density at radius 2 is 1.12 bits per heavy atom. The molecule has 0 saturated carbocycles. The number of hydrogen-bond acceptors (Lipinski definition) is 3. The van der Waals surface area contributed by atoms with Crippen molar-refractivity contribution in [3.05, 3.63) is 84.9 Å². The van der Waals surface area contributed by atoms with Crippen LogP contribution < -0.4 is 14.2 Å². The number of benzene rings is 3. The molecule has 0 radical (unpaired) electrons. The molecule has 122 valence electrons. The van der Waals surface area contributed by atoms with E-state index in [0.29, 0.717) is 6.61 Å². The van der Waals surface area contributed by atoms with E-state index >= 15 is 0 Å². The van der Waals surface area contributed by atoms with Gasteiger partial charge >= 0.3 is 0 Å². The molecular weight excluding hydrogens is 300 g/mol. The van der Waals surface area contributed by atoms with Gasteiger partial charge in [0.2, 0.25) is 0 Å². The first kappa shape index (κ1) is 15.9. The van der Waals surface area contributed by atoms with E-state index in [1.54, 1.807) is 0 Å². The second-order valence-corrected chi connectivity index (χ2v) is 5.44. The average Bonchev–Trinajstić information content (AvgIpc) is 2.63. The lowest BCUT2D eigenvalue weighted by Crippen LogP contribution is -2.20. The van der Waals surface area contributed by atoms with Crippen LogP contribution in [0.3, 0.4) is 0 Å². The minimum atomic E-state index is -0.0346. The molecule has 3 aromatic rings. The van der Waals surface area contributed by atoms with Crippen LogP contribution in [0.15, 0.2) is 84.9 Å². The summed E-state index contributed by atoms with van der Waals surface area (Å²) in [6.07, 6.45) is -0.0346. The van der Waals surface area contributed by atoms with Crippen LogP contribution in [-0.4, -0.2) is 12.7 Å². The van der Waals surface area contributed by atoms with Crippen LogP contribution >= 0.6 is 0 Å². The van der Waals surface area contributed by atoms with Gasteiger partial charge in [0.05, 0.1) is 0 Å². The molecule has 0 heterocycles. The SMILES string of the molecule is C[C@@H](COc1ccc(Oc2ccccc2)cc1)Oc1ccccc1. The van der Waals surface area contributed by atoms with Crippen molar-refractivity contribution in [1.82, 2.24) is 0 Å². The maximum absolute atomic E-state index is 5.79. The first-order chi connectivity index (χ1) is 11.8. The molecular formula is C21H20O3. The zero-order valence-corrected chi connectivity index (χ0v) is 13.6. The standard InChI is InChI=1S/C21H20O3/c1-17(23-19-8-4-2-5-9-19)16-22-18-12-14-21(15-13-18)24-20-10-6-3-7-11-20/h2-15,17H,16H2,1H3/t17-/m0/s1. The molecule has 0 aromatic heterocycles. The minimum Gasteiger partial charge on any atom is -0.490 e. The van der Waals surface area contributed by atoms with Crippen molar-refractivity contribution in [2.75, 3.05) is 6.61 Å². The first-order valence-corrected chi connectivity index (χ1v) is 7.97. The van der Waals surface area contributed by atoms with Crippen LogP contribution in [0.4, 0.5) is 0 Å². The highest BCUT2D eigenvalue weighted by molar-refractivity contribution is 5.35. The highest BCUT2D eigenvalue weighted by atomic mass is 16.5. The van der Waals surface area contributed by atoms with E-state index in [4.69, 9.17) is 14.2 Å². The number of rotatable bonds is 7. The van der Waals surface area contributed by atoms with E-state index in [9.17, 15) is 0 Å². The molecule has 0 spiro atoms. The Kier molecular flexibility index (Phi) is 5.36. The summed E-state index contributed by atoms with van der Waals surface area (Å²) in [7, 11) is 0. The van der Waals surface area contributed by atoms with Crippen molar-refractivity contribution in [1.29, 1.82) is 0 Å². The fourth-order valence-corrected chi connectivity index (χ4v) is 2.21. The molecule has 3 nitrogen and oxygen atoms in total. The Hall–Kier alpha value is -2.94. The van der Waals surface area contributed by atoms with Gasteiger partial charge in [-0.3, -0.25) is 0 Å². The summed E-state index contributed by atoms with van der Waals surface area (Å²) >= 11 is 0. The number of hydrogen-bond donors (Lipinski definition) is 0. The second-order valence-electron chi connectivity index (χ2n) is 5.44.